The topological polar surface area (TPSA) is 12.0 Å². The fraction of sp³-hybridized carbons (Fsp3) is 0.529. The zero-order chi connectivity index (χ0) is 14.5. The van der Waals surface area contributed by atoms with E-state index in [1.807, 2.05) is 11.3 Å². The fourth-order valence-corrected chi connectivity index (χ4v) is 4.09. The zero-order valence-corrected chi connectivity index (χ0v) is 15.0. The van der Waals surface area contributed by atoms with E-state index in [0.717, 1.165) is 12.5 Å². The second kappa shape index (κ2) is 7.58. The van der Waals surface area contributed by atoms with E-state index in [4.69, 9.17) is 0 Å². The molecule has 0 aliphatic carbocycles. The van der Waals surface area contributed by atoms with Crippen molar-refractivity contribution in [1.82, 2.24) is 5.32 Å². The molecule has 1 N–H and O–H groups in total. The molecule has 1 heterocycles. The average molecular weight is 354 g/mol. The van der Waals surface area contributed by atoms with Crippen LogP contribution in [-0.2, 0) is 6.42 Å². The van der Waals surface area contributed by atoms with Crippen LogP contribution >= 0.6 is 27.3 Å². The maximum atomic E-state index is 3.64. The fourth-order valence-electron chi connectivity index (χ4n) is 2.43. The lowest BCUT2D eigenvalue weighted by molar-refractivity contribution is 0.454. The Hall–Kier alpha value is -0.380. The second-order valence-corrected chi connectivity index (χ2v) is 7.65. The van der Waals surface area contributed by atoms with Gasteiger partial charge in [0.05, 0.1) is 0 Å². The summed E-state index contributed by atoms with van der Waals surface area (Å²) >= 11 is 5.49. The Labute approximate surface area is 134 Å². The van der Waals surface area contributed by atoms with Crippen LogP contribution in [0.3, 0.4) is 0 Å². The predicted octanol–water partition coefficient (Wildman–Crippen LogP) is 5.62. The summed E-state index contributed by atoms with van der Waals surface area (Å²) in [5.41, 5.74) is 1.51. The Kier molecular flexibility index (Phi) is 6.06. The minimum absolute atomic E-state index is 0.598. The van der Waals surface area contributed by atoms with Gasteiger partial charge in [-0.05, 0) is 70.1 Å². The molecule has 0 amide bonds. The SMILES string of the molecule is CC(CCNC(C)C)CCc1csc2c(Br)cccc12. The van der Waals surface area contributed by atoms with Gasteiger partial charge in [-0.2, -0.15) is 0 Å². The minimum atomic E-state index is 0.598. The molecule has 0 aliphatic rings. The predicted molar refractivity (Wildman–Crippen MR) is 94.8 cm³/mol. The maximum absolute atomic E-state index is 3.64. The Morgan fingerprint density at radius 2 is 2.00 bits per heavy atom. The number of hydrogen-bond donors (Lipinski definition) is 1. The molecular formula is C17H24BrNS. The summed E-state index contributed by atoms with van der Waals surface area (Å²) < 4.78 is 2.61. The lowest BCUT2D eigenvalue weighted by Crippen LogP contribution is -2.24. The molecule has 3 heteroatoms. The molecule has 1 nitrogen and oxygen atoms in total. The Morgan fingerprint density at radius 1 is 1.20 bits per heavy atom. The number of benzene rings is 1. The molecule has 1 aromatic carbocycles. The van der Waals surface area contributed by atoms with E-state index in [9.17, 15) is 0 Å². The van der Waals surface area contributed by atoms with E-state index >= 15 is 0 Å². The molecule has 1 unspecified atom stereocenters. The van der Waals surface area contributed by atoms with E-state index in [2.05, 4.69) is 65.6 Å². The Morgan fingerprint density at radius 3 is 2.75 bits per heavy atom. The first-order valence-corrected chi connectivity index (χ1v) is 9.13. The van der Waals surface area contributed by atoms with Crippen molar-refractivity contribution < 1.29 is 0 Å². The smallest absolute Gasteiger partial charge is 0.0487 e. The lowest BCUT2D eigenvalue weighted by Gasteiger charge is -2.13. The first-order valence-electron chi connectivity index (χ1n) is 7.46. The molecule has 0 radical (unpaired) electrons. The van der Waals surface area contributed by atoms with Crippen LogP contribution in [0.1, 0.15) is 39.2 Å². The van der Waals surface area contributed by atoms with Gasteiger partial charge in [0.15, 0.2) is 0 Å². The van der Waals surface area contributed by atoms with Crippen molar-refractivity contribution in [3.05, 3.63) is 33.6 Å². The third-order valence-electron chi connectivity index (χ3n) is 3.73. The third kappa shape index (κ3) is 4.31. The number of nitrogens with one attached hydrogen (secondary N) is 1. The van der Waals surface area contributed by atoms with Gasteiger partial charge in [0, 0.05) is 15.2 Å². The first kappa shape index (κ1) is 16.0. The molecule has 20 heavy (non-hydrogen) atoms. The van der Waals surface area contributed by atoms with Crippen LogP contribution in [0.15, 0.2) is 28.1 Å². The summed E-state index contributed by atoms with van der Waals surface area (Å²) in [6.45, 7) is 7.92. The Bertz CT molecular complexity index is 547. The van der Waals surface area contributed by atoms with Crippen molar-refractivity contribution in [2.75, 3.05) is 6.54 Å². The van der Waals surface area contributed by atoms with Crippen LogP contribution in [-0.4, -0.2) is 12.6 Å². The quantitative estimate of drug-likeness (QED) is 0.680. The van der Waals surface area contributed by atoms with Crippen LogP contribution in [0, 0.1) is 5.92 Å². The van der Waals surface area contributed by atoms with Gasteiger partial charge in [-0.25, -0.2) is 0 Å². The van der Waals surface area contributed by atoms with Crippen LogP contribution in [0.25, 0.3) is 10.1 Å². The van der Waals surface area contributed by atoms with Crippen LogP contribution in [0.5, 0.6) is 0 Å². The largest absolute Gasteiger partial charge is 0.315 e. The van der Waals surface area contributed by atoms with Gasteiger partial charge >= 0.3 is 0 Å². The average Bonchev–Trinajstić information content (AvgIpc) is 2.80. The van der Waals surface area contributed by atoms with Crippen molar-refractivity contribution in [3.63, 3.8) is 0 Å². The van der Waals surface area contributed by atoms with E-state index < -0.39 is 0 Å². The highest BCUT2D eigenvalue weighted by Crippen LogP contribution is 2.33. The monoisotopic (exact) mass is 353 g/mol. The van der Waals surface area contributed by atoms with Crippen LogP contribution in [0.2, 0.25) is 0 Å². The second-order valence-electron chi connectivity index (χ2n) is 5.92. The van der Waals surface area contributed by atoms with E-state index in [1.54, 1.807) is 0 Å². The maximum Gasteiger partial charge on any atom is 0.0487 e. The number of aryl methyl sites for hydroxylation is 1. The van der Waals surface area contributed by atoms with Crippen molar-refractivity contribution in [2.24, 2.45) is 5.92 Å². The van der Waals surface area contributed by atoms with Gasteiger partial charge in [-0.1, -0.05) is 32.9 Å². The van der Waals surface area contributed by atoms with Crippen LogP contribution < -0.4 is 5.32 Å². The standard InChI is InChI=1S/C17H24BrNS/c1-12(2)19-10-9-13(3)7-8-14-11-20-17-15(14)5-4-6-16(17)18/h4-6,11-13,19H,7-10H2,1-3H3. The van der Waals surface area contributed by atoms with E-state index in [1.165, 1.54) is 39.4 Å². The van der Waals surface area contributed by atoms with Crippen molar-refractivity contribution in [2.45, 2.75) is 46.1 Å². The Balaban J connectivity index is 1.88. The highest BCUT2D eigenvalue weighted by molar-refractivity contribution is 9.10. The van der Waals surface area contributed by atoms with Gasteiger partial charge in [0.1, 0.15) is 0 Å². The van der Waals surface area contributed by atoms with E-state index in [-0.39, 0.29) is 0 Å². The van der Waals surface area contributed by atoms with Gasteiger partial charge in [-0.15, -0.1) is 11.3 Å². The molecule has 0 aliphatic heterocycles. The zero-order valence-electron chi connectivity index (χ0n) is 12.6. The van der Waals surface area contributed by atoms with Gasteiger partial charge in [0.25, 0.3) is 0 Å². The molecule has 1 aromatic heterocycles. The molecule has 2 aromatic rings. The van der Waals surface area contributed by atoms with Gasteiger partial charge in [0.2, 0.25) is 0 Å². The summed E-state index contributed by atoms with van der Waals surface area (Å²) in [6.07, 6.45) is 3.74. The summed E-state index contributed by atoms with van der Waals surface area (Å²) in [7, 11) is 0. The number of fused-ring (bicyclic) bond motifs is 1. The molecule has 2 rings (SSSR count). The summed E-state index contributed by atoms with van der Waals surface area (Å²) in [4.78, 5) is 0. The molecule has 1 atom stereocenters. The van der Waals surface area contributed by atoms with Crippen molar-refractivity contribution in [1.29, 1.82) is 0 Å². The van der Waals surface area contributed by atoms with Crippen LogP contribution in [0.4, 0.5) is 0 Å². The van der Waals surface area contributed by atoms with E-state index in [0.29, 0.717) is 6.04 Å². The molecular weight excluding hydrogens is 330 g/mol. The number of thiophene rings is 1. The first-order chi connectivity index (χ1) is 9.58. The normalized spacial score (nSPS) is 13.2. The van der Waals surface area contributed by atoms with Gasteiger partial charge < -0.3 is 5.32 Å². The minimum Gasteiger partial charge on any atom is -0.315 e. The number of hydrogen-bond acceptors (Lipinski definition) is 2. The molecule has 0 spiro atoms. The molecule has 0 saturated heterocycles. The molecule has 0 bridgehead atoms. The number of halogens is 1. The molecule has 0 fully saturated rings. The molecule has 110 valence electrons. The highest BCUT2D eigenvalue weighted by Gasteiger charge is 2.09. The van der Waals surface area contributed by atoms with Crippen molar-refractivity contribution in [3.8, 4) is 0 Å². The van der Waals surface area contributed by atoms with Gasteiger partial charge in [-0.3, -0.25) is 0 Å². The highest BCUT2D eigenvalue weighted by atomic mass is 79.9. The summed E-state index contributed by atoms with van der Waals surface area (Å²) in [6, 6.07) is 7.11. The summed E-state index contributed by atoms with van der Waals surface area (Å²) in [5, 5.41) is 7.26. The lowest BCUT2D eigenvalue weighted by atomic mass is 9.98. The number of rotatable bonds is 7. The third-order valence-corrected chi connectivity index (χ3v) is 5.73. The molecule has 0 saturated carbocycles. The summed E-state index contributed by atoms with van der Waals surface area (Å²) in [5.74, 6) is 0.781. The van der Waals surface area contributed by atoms with Crippen molar-refractivity contribution >= 4 is 37.4 Å².